The van der Waals surface area contributed by atoms with Crippen LogP contribution in [0.2, 0.25) is 5.02 Å². The van der Waals surface area contributed by atoms with Gasteiger partial charge in [-0.2, -0.15) is 0 Å². The predicted octanol–water partition coefficient (Wildman–Crippen LogP) is 3.82. The average Bonchev–Trinajstić information content (AvgIpc) is 2.70. The molecule has 1 aliphatic rings. The lowest BCUT2D eigenvalue weighted by molar-refractivity contribution is -0.142. The molecule has 3 atom stereocenters. The third-order valence-corrected chi connectivity index (χ3v) is 4.74. The maximum atomic E-state index is 11.2. The van der Waals surface area contributed by atoms with Gasteiger partial charge >= 0.3 is 5.97 Å². The molecule has 2 rings (SSSR count). The number of hydrogen-bond acceptors (Lipinski definition) is 2. The molecule has 1 unspecified atom stereocenters. The SMILES string of the molecule is CC(c1ccc(Br)cc1Cl)N1C[C@@H](C)[C@H](C(=O)O)C1. The smallest absolute Gasteiger partial charge is 0.308 e. The number of hydrogen-bond donors (Lipinski definition) is 1. The molecule has 0 radical (unpaired) electrons. The number of carboxylic acids is 1. The zero-order valence-electron chi connectivity index (χ0n) is 10.9. The maximum absolute atomic E-state index is 11.2. The minimum Gasteiger partial charge on any atom is -0.481 e. The summed E-state index contributed by atoms with van der Waals surface area (Å²) in [6.45, 7) is 5.45. The zero-order valence-corrected chi connectivity index (χ0v) is 13.3. The van der Waals surface area contributed by atoms with E-state index in [0.29, 0.717) is 11.6 Å². The first-order valence-electron chi connectivity index (χ1n) is 6.32. The number of carbonyl (C=O) groups is 1. The fraction of sp³-hybridized carbons (Fsp3) is 0.500. The van der Waals surface area contributed by atoms with Crippen LogP contribution in [0.15, 0.2) is 22.7 Å². The quantitative estimate of drug-likeness (QED) is 0.904. The molecule has 0 amide bonds. The minimum atomic E-state index is -0.705. The second-order valence-electron chi connectivity index (χ2n) is 5.22. The molecular weight excluding hydrogens is 330 g/mol. The topological polar surface area (TPSA) is 40.5 Å². The van der Waals surface area contributed by atoms with Gasteiger partial charge in [-0.1, -0.05) is 40.5 Å². The van der Waals surface area contributed by atoms with Gasteiger partial charge in [0.1, 0.15) is 0 Å². The molecule has 0 aromatic heterocycles. The van der Waals surface area contributed by atoms with Crippen LogP contribution in [0.25, 0.3) is 0 Å². The van der Waals surface area contributed by atoms with Crippen molar-refractivity contribution < 1.29 is 9.90 Å². The normalized spacial score (nSPS) is 25.5. The molecule has 0 spiro atoms. The summed E-state index contributed by atoms with van der Waals surface area (Å²) in [4.78, 5) is 13.4. The van der Waals surface area contributed by atoms with Crippen molar-refractivity contribution in [1.82, 2.24) is 4.90 Å². The number of rotatable bonds is 3. The fourth-order valence-electron chi connectivity index (χ4n) is 2.68. The molecule has 3 nitrogen and oxygen atoms in total. The molecule has 1 aromatic rings. The summed E-state index contributed by atoms with van der Waals surface area (Å²) in [5.41, 5.74) is 1.04. The molecule has 1 heterocycles. The molecule has 19 heavy (non-hydrogen) atoms. The van der Waals surface area contributed by atoms with Crippen LogP contribution in [0.1, 0.15) is 25.5 Å². The van der Waals surface area contributed by atoms with Gasteiger partial charge in [0.25, 0.3) is 0 Å². The lowest BCUT2D eigenvalue weighted by Gasteiger charge is -2.25. The van der Waals surface area contributed by atoms with E-state index in [4.69, 9.17) is 11.6 Å². The van der Waals surface area contributed by atoms with Crippen molar-refractivity contribution in [2.24, 2.45) is 11.8 Å². The van der Waals surface area contributed by atoms with Crippen LogP contribution in [0.3, 0.4) is 0 Å². The lowest BCUT2D eigenvalue weighted by Crippen LogP contribution is -2.26. The Bertz CT molecular complexity index is 494. The highest BCUT2D eigenvalue weighted by molar-refractivity contribution is 9.10. The maximum Gasteiger partial charge on any atom is 0.308 e. The minimum absolute atomic E-state index is 0.132. The Balaban J connectivity index is 2.17. The first-order chi connectivity index (χ1) is 8.90. The van der Waals surface area contributed by atoms with Crippen LogP contribution in [0.4, 0.5) is 0 Å². The lowest BCUT2D eigenvalue weighted by atomic mass is 9.99. The first kappa shape index (κ1) is 14.8. The number of likely N-dealkylation sites (tertiary alicyclic amines) is 1. The molecule has 1 fully saturated rings. The Morgan fingerprint density at radius 1 is 1.53 bits per heavy atom. The van der Waals surface area contributed by atoms with Crippen molar-refractivity contribution >= 4 is 33.5 Å². The van der Waals surface area contributed by atoms with E-state index in [-0.39, 0.29) is 17.9 Å². The average molecular weight is 347 g/mol. The Morgan fingerprint density at radius 2 is 2.21 bits per heavy atom. The molecular formula is C14H17BrClNO2. The Hall–Kier alpha value is -0.580. The summed E-state index contributed by atoms with van der Waals surface area (Å²) < 4.78 is 0.951. The number of carboxylic acid groups (broad SMARTS) is 1. The third-order valence-electron chi connectivity index (χ3n) is 3.92. The summed E-state index contributed by atoms with van der Waals surface area (Å²) >= 11 is 9.66. The van der Waals surface area contributed by atoms with E-state index in [1.54, 1.807) is 0 Å². The van der Waals surface area contributed by atoms with E-state index >= 15 is 0 Å². The van der Waals surface area contributed by atoms with Crippen LogP contribution in [0.5, 0.6) is 0 Å². The predicted molar refractivity (Wildman–Crippen MR) is 79.4 cm³/mol. The molecule has 104 valence electrons. The van der Waals surface area contributed by atoms with E-state index in [9.17, 15) is 9.90 Å². The zero-order chi connectivity index (χ0) is 14.2. The highest BCUT2D eigenvalue weighted by atomic mass is 79.9. The van der Waals surface area contributed by atoms with Crippen molar-refractivity contribution in [2.75, 3.05) is 13.1 Å². The van der Waals surface area contributed by atoms with Crippen LogP contribution in [0, 0.1) is 11.8 Å². The highest BCUT2D eigenvalue weighted by Gasteiger charge is 2.37. The Kier molecular flexibility index (Phi) is 4.54. The number of nitrogens with zero attached hydrogens (tertiary/aromatic N) is 1. The Labute approximate surface area is 126 Å². The van der Waals surface area contributed by atoms with E-state index < -0.39 is 5.97 Å². The van der Waals surface area contributed by atoms with Gasteiger partial charge in [-0.15, -0.1) is 0 Å². The molecule has 5 heteroatoms. The molecule has 1 aromatic carbocycles. The summed E-state index contributed by atoms with van der Waals surface area (Å²) in [5.74, 6) is -0.810. The first-order valence-corrected chi connectivity index (χ1v) is 7.49. The third kappa shape index (κ3) is 3.12. The van der Waals surface area contributed by atoms with Crippen molar-refractivity contribution in [2.45, 2.75) is 19.9 Å². The van der Waals surface area contributed by atoms with E-state index in [1.165, 1.54) is 0 Å². The van der Waals surface area contributed by atoms with Gasteiger partial charge in [-0.05, 0) is 30.5 Å². The van der Waals surface area contributed by atoms with Crippen LogP contribution in [-0.4, -0.2) is 29.1 Å². The summed E-state index contributed by atoms with van der Waals surface area (Å²) in [7, 11) is 0. The van der Waals surface area contributed by atoms with Gasteiger partial charge in [0.2, 0.25) is 0 Å². The molecule has 0 bridgehead atoms. The molecule has 1 aliphatic heterocycles. The Morgan fingerprint density at radius 3 is 2.74 bits per heavy atom. The van der Waals surface area contributed by atoms with Gasteiger partial charge in [0.05, 0.1) is 5.92 Å². The van der Waals surface area contributed by atoms with Gasteiger partial charge < -0.3 is 5.11 Å². The van der Waals surface area contributed by atoms with Gasteiger partial charge in [0, 0.05) is 28.6 Å². The molecule has 1 N–H and O–H groups in total. The number of halogens is 2. The summed E-state index contributed by atoms with van der Waals surface area (Å²) in [6, 6.07) is 5.97. The number of benzene rings is 1. The van der Waals surface area contributed by atoms with E-state index in [2.05, 4.69) is 27.8 Å². The van der Waals surface area contributed by atoms with Crippen LogP contribution < -0.4 is 0 Å². The van der Waals surface area contributed by atoms with Crippen molar-refractivity contribution in [1.29, 1.82) is 0 Å². The van der Waals surface area contributed by atoms with Crippen molar-refractivity contribution in [3.63, 3.8) is 0 Å². The highest BCUT2D eigenvalue weighted by Crippen LogP contribution is 2.34. The van der Waals surface area contributed by atoms with E-state index in [1.807, 2.05) is 25.1 Å². The molecule has 1 saturated heterocycles. The number of aliphatic carboxylic acids is 1. The van der Waals surface area contributed by atoms with Crippen LogP contribution >= 0.6 is 27.5 Å². The fourth-order valence-corrected chi connectivity index (χ4v) is 3.51. The van der Waals surface area contributed by atoms with Crippen molar-refractivity contribution in [3.05, 3.63) is 33.3 Å². The van der Waals surface area contributed by atoms with Gasteiger partial charge in [-0.3, -0.25) is 9.69 Å². The monoisotopic (exact) mass is 345 g/mol. The van der Waals surface area contributed by atoms with Gasteiger partial charge in [0.15, 0.2) is 0 Å². The standard InChI is InChI=1S/C14H17BrClNO2/c1-8-6-17(7-12(8)14(18)19)9(2)11-4-3-10(15)5-13(11)16/h3-5,8-9,12H,6-7H2,1-2H3,(H,18,19)/t8-,9?,12-/m1/s1. The van der Waals surface area contributed by atoms with Crippen molar-refractivity contribution in [3.8, 4) is 0 Å². The van der Waals surface area contributed by atoms with Gasteiger partial charge in [-0.25, -0.2) is 0 Å². The molecule has 0 aliphatic carbocycles. The second kappa shape index (κ2) is 5.81. The van der Waals surface area contributed by atoms with Crippen LogP contribution in [-0.2, 0) is 4.79 Å². The summed E-state index contributed by atoms with van der Waals surface area (Å²) in [6.07, 6.45) is 0. The largest absolute Gasteiger partial charge is 0.481 e. The second-order valence-corrected chi connectivity index (χ2v) is 6.54. The van der Waals surface area contributed by atoms with E-state index in [0.717, 1.165) is 16.6 Å². The molecule has 0 saturated carbocycles. The summed E-state index contributed by atoms with van der Waals surface area (Å²) in [5, 5.41) is 9.90.